The van der Waals surface area contributed by atoms with E-state index < -0.39 is 0 Å². The highest BCUT2D eigenvalue weighted by molar-refractivity contribution is 7.98. The highest BCUT2D eigenvalue weighted by Crippen LogP contribution is 2.20. The van der Waals surface area contributed by atoms with Crippen molar-refractivity contribution in [3.8, 4) is 0 Å². The molecule has 3 atom stereocenters. The average molecular weight is 244 g/mol. The predicted molar refractivity (Wildman–Crippen MR) is 75.3 cm³/mol. The lowest BCUT2D eigenvalue weighted by atomic mass is 9.96. The Morgan fingerprint density at radius 3 is 2.62 bits per heavy atom. The van der Waals surface area contributed by atoms with E-state index in [9.17, 15) is 0 Å². The van der Waals surface area contributed by atoms with Gasteiger partial charge in [0.1, 0.15) is 0 Å². The molecule has 3 heteroatoms. The number of hydrogen-bond acceptors (Lipinski definition) is 3. The number of rotatable bonds is 5. The van der Waals surface area contributed by atoms with Crippen LogP contribution >= 0.6 is 11.8 Å². The summed E-state index contributed by atoms with van der Waals surface area (Å²) >= 11 is 1.96. The van der Waals surface area contributed by atoms with E-state index in [0.29, 0.717) is 12.1 Å². The molecule has 2 nitrogen and oxygen atoms in total. The second-order valence-corrected chi connectivity index (χ2v) is 6.43. The van der Waals surface area contributed by atoms with E-state index >= 15 is 0 Å². The minimum Gasteiger partial charge on any atom is -0.311 e. The zero-order valence-electron chi connectivity index (χ0n) is 11.5. The fraction of sp³-hybridized carbons (Fsp3) is 1.00. The lowest BCUT2D eigenvalue weighted by molar-refractivity contribution is 0.0649. The van der Waals surface area contributed by atoms with Crippen molar-refractivity contribution >= 4 is 11.8 Å². The molecule has 1 fully saturated rings. The second kappa shape index (κ2) is 6.87. The average Bonchev–Trinajstić information content (AvgIpc) is 2.25. The molecule has 3 unspecified atom stereocenters. The molecule has 1 saturated heterocycles. The normalized spacial score (nSPS) is 29.6. The zero-order chi connectivity index (χ0) is 12.1. The molecular weight excluding hydrogens is 216 g/mol. The van der Waals surface area contributed by atoms with Crippen LogP contribution in [0.3, 0.4) is 0 Å². The van der Waals surface area contributed by atoms with Crippen molar-refractivity contribution in [2.45, 2.75) is 52.2 Å². The molecule has 0 saturated carbocycles. The smallest absolute Gasteiger partial charge is 0.0247 e. The van der Waals surface area contributed by atoms with Crippen LogP contribution in [-0.4, -0.2) is 48.1 Å². The topological polar surface area (TPSA) is 15.3 Å². The molecule has 0 aromatic heterocycles. The van der Waals surface area contributed by atoms with E-state index in [2.05, 4.69) is 44.2 Å². The number of nitrogens with one attached hydrogen (secondary N) is 1. The van der Waals surface area contributed by atoms with Crippen LogP contribution in [0.1, 0.15) is 34.1 Å². The Bertz CT molecular complexity index is 196. The van der Waals surface area contributed by atoms with Gasteiger partial charge in [-0.1, -0.05) is 13.8 Å². The van der Waals surface area contributed by atoms with Gasteiger partial charge in [-0.05, 0) is 38.2 Å². The van der Waals surface area contributed by atoms with Crippen molar-refractivity contribution in [2.75, 3.05) is 25.1 Å². The van der Waals surface area contributed by atoms with Gasteiger partial charge in [-0.2, -0.15) is 11.8 Å². The Hall–Kier alpha value is 0.270. The van der Waals surface area contributed by atoms with E-state index in [0.717, 1.165) is 18.5 Å². The number of nitrogens with zero attached hydrogens (tertiary/aromatic N) is 1. The highest BCUT2D eigenvalue weighted by Gasteiger charge is 2.30. The Kier molecular flexibility index (Phi) is 6.16. The molecule has 0 spiro atoms. The standard InChI is InChI=1S/C13H28N2S/c1-10(2)13-8-14-11(3)9-15(13)12(4)6-7-16-5/h10-14H,6-9H2,1-5H3. The van der Waals surface area contributed by atoms with Crippen molar-refractivity contribution < 1.29 is 0 Å². The lowest BCUT2D eigenvalue weighted by Gasteiger charge is -2.45. The zero-order valence-corrected chi connectivity index (χ0v) is 12.3. The summed E-state index contributed by atoms with van der Waals surface area (Å²) in [5.41, 5.74) is 0. The summed E-state index contributed by atoms with van der Waals surface area (Å²) in [6.45, 7) is 11.7. The van der Waals surface area contributed by atoms with E-state index in [1.807, 2.05) is 11.8 Å². The summed E-state index contributed by atoms with van der Waals surface area (Å²) in [5.74, 6) is 2.03. The second-order valence-electron chi connectivity index (χ2n) is 5.45. The Labute approximate surface area is 106 Å². The molecular formula is C13H28N2S. The first kappa shape index (κ1) is 14.3. The first-order valence-electron chi connectivity index (χ1n) is 6.54. The van der Waals surface area contributed by atoms with Crippen LogP contribution in [0.25, 0.3) is 0 Å². The molecule has 0 aromatic carbocycles. The maximum absolute atomic E-state index is 3.61. The molecule has 1 heterocycles. The SMILES string of the molecule is CSCCC(C)N1CC(C)NCC1C(C)C. The molecule has 1 aliphatic heterocycles. The Morgan fingerprint density at radius 1 is 1.38 bits per heavy atom. The van der Waals surface area contributed by atoms with Crippen LogP contribution < -0.4 is 5.32 Å². The van der Waals surface area contributed by atoms with E-state index in [4.69, 9.17) is 0 Å². The van der Waals surface area contributed by atoms with Crippen LogP contribution in [0, 0.1) is 5.92 Å². The lowest BCUT2D eigenvalue weighted by Crippen LogP contribution is -2.59. The number of piperazine rings is 1. The molecule has 1 aliphatic rings. The third kappa shape index (κ3) is 3.94. The van der Waals surface area contributed by atoms with Crippen molar-refractivity contribution in [3.63, 3.8) is 0 Å². The van der Waals surface area contributed by atoms with Crippen LogP contribution in [0.4, 0.5) is 0 Å². The summed E-state index contributed by atoms with van der Waals surface area (Å²) < 4.78 is 0. The van der Waals surface area contributed by atoms with E-state index in [-0.39, 0.29) is 0 Å². The number of hydrogen-bond donors (Lipinski definition) is 1. The summed E-state index contributed by atoms with van der Waals surface area (Å²) in [5, 5.41) is 3.61. The summed E-state index contributed by atoms with van der Waals surface area (Å²) in [7, 11) is 0. The van der Waals surface area contributed by atoms with Gasteiger partial charge in [-0.25, -0.2) is 0 Å². The van der Waals surface area contributed by atoms with Gasteiger partial charge in [0.2, 0.25) is 0 Å². The van der Waals surface area contributed by atoms with Gasteiger partial charge in [0, 0.05) is 31.2 Å². The van der Waals surface area contributed by atoms with Crippen molar-refractivity contribution in [1.82, 2.24) is 10.2 Å². The molecule has 1 N–H and O–H groups in total. The van der Waals surface area contributed by atoms with Gasteiger partial charge in [0.05, 0.1) is 0 Å². The quantitative estimate of drug-likeness (QED) is 0.800. The maximum atomic E-state index is 3.61. The largest absolute Gasteiger partial charge is 0.311 e. The molecule has 16 heavy (non-hydrogen) atoms. The first-order chi connectivity index (χ1) is 7.56. The van der Waals surface area contributed by atoms with E-state index in [1.54, 1.807) is 0 Å². The highest BCUT2D eigenvalue weighted by atomic mass is 32.2. The van der Waals surface area contributed by atoms with Crippen LogP contribution in [0.2, 0.25) is 0 Å². The summed E-state index contributed by atoms with van der Waals surface area (Å²) in [6, 6.07) is 2.09. The molecule has 0 aromatic rings. The summed E-state index contributed by atoms with van der Waals surface area (Å²) in [6.07, 6.45) is 3.52. The fourth-order valence-electron chi connectivity index (χ4n) is 2.54. The van der Waals surface area contributed by atoms with Crippen molar-refractivity contribution in [3.05, 3.63) is 0 Å². The van der Waals surface area contributed by atoms with Crippen molar-refractivity contribution in [1.29, 1.82) is 0 Å². The molecule has 96 valence electrons. The Balaban J connectivity index is 2.56. The molecule has 0 aliphatic carbocycles. The van der Waals surface area contributed by atoms with Gasteiger partial charge in [0.25, 0.3) is 0 Å². The minimum absolute atomic E-state index is 0.645. The third-order valence-electron chi connectivity index (χ3n) is 3.66. The molecule has 0 bridgehead atoms. The first-order valence-corrected chi connectivity index (χ1v) is 7.93. The van der Waals surface area contributed by atoms with Crippen LogP contribution in [-0.2, 0) is 0 Å². The third-order valence-corrected chi connectivity index (χ3v) is 4.31. The minimum atomic E-state index is 0.645. The van der Waals surface area contributed by atoms with E-state index in [1.165, 1.54) is 18.7 Å². The number of thioether (sulfide) groups is 1. The van der Waals surface area contributed by atoms with Crippen LogP contribution in [0.15, 0.2) is 0 Å². The van der Waals surface area contributed by atoms with Crippen molar-refractivity contribution in [2.24, 2.45) is 5.92 Å². The predicted octanol–water partition coefficient (Wildman–Crippen LogP) is 2.45. The molecule has 0 amide bonds. The van der Waals surface area contributed by atoms with Crippen LogP contribution in [0.5, 0.6) is 0 Å². The molecule has 0 radical (unpaired) electrons. The van der Waals surface area contributed by atoms with Gasteiger partial charge in [-0.15, -0.1) is 0 Å². The van der Waals surface area contributed by atoms with Gasteiger partial charge >= 0.3 is 0 Å². The maximum Gasteiger partial charge on any atom is 0.0247 e. The van der Waals surface area contributed by atoms with Gasteiger partial charge in [-0.3, -0.25) is 4.90 Å². The molecule has 1 rings (SSSR count). The van der Waals surface area contributed by atoms with Gasteiger partial charge in [0.15, 0.2) is 0 Å². The summed E-state index contributed by atoms with van der Waals surface area (Å²) in [4.78, 5) is 2.72. The Morgan fingerprint density at radius 2 is 2.06 bits per heavy atom. The van der Waals surface area contributed by atoms with Gasteiger partial charge < -0.3 is 5.32 Å². The monoisotopic (exact) mass is 244 g/mol. The fourth-order valence-corrected chi connectivity index (χ4v) is 3.11.